The van der Waals surface area contributed by atoms with E-state index in [1.807, 2.05) is 0 Å². The topological polar surface area (TPSA) is 41.1 Å². The first-order valence-electron chi connectivity index (χ1n) is 8.03. The first kappa shape index (κ1) is 16.5. The largest absolute Gasteiger partial charge is 0.354 e. The van der Waals surface area contributed by atoms with Crippen molar-refractivity contribution < 1.29 is 4.79 Å². The van der Waals surface area contributed by atoms with E-state index < -0.39 is 0 Å². The number of amides is 1. The van der Waals surface area contributed by atoms with Gasteiger partial charge in [-0.05, 0) is 57.0 Å². The van der Waals surface area contributed by atoms with Crippen molar-refractivity contribution in [3.63, 3.8) is 0 Å². The number of nitrogens with one attached hydrogen (secondary N) is 2. The van der Waals surface area contributed by atoms with Gasteiger partial charge in [-0.3, -0.25) is 4.79 Å². The Bertz CT molecular complexity index is 261. The number of piperidine rings is 1. The van der Waals surface area contributed by atoms with Gasteiger partial charge in [0.25, 0.3) is 0 Å². The maximum Gasteiger partial charge on any atom is 0.220 e. The summed E-state index contributed by atoms with van der Waals surface area (Å²) in [5, 5.41) is 6.59. The number of hydrogen-bond acceptors (Lipinski definition) is 2. The first-order valence-corrected chi connectivity index (χ1v) is 8.03. The standard InChI is InChI=1S/C16H32N2O/c1-5-12(2)9-14(4)18-16(19)10-13(3)15-7-6-8-17-11-15/h12-15,17H,5-11H2,1-4H3,(H,18,19). The molecule has 1 aliphatic heterocycles. The van der Waals surface area contributed by atoms with Gasteiger partial charge in [-0.1, -0.05) is 27.2 Å². The van der Waals surface area contributed by atoms with Gasteiger partial charge in [-0.15, -0.1) is 0 Å². The molecule has 0 saturated carbocycles. The predicted molar refractivity (Wildman–Crippen MR) is 81.1 cm³/mol. The maximum absolute atomic E-state index is 12.0. The third-order valence-electron chi connectivity index (χ3n) is 4.51. The summed E-state index contributed by atoms with van der Waals surface area (Å²) in [5.41, 5.74) is 0. The number of rotatable bonds is 7. The van der Waals surface area contributed by atoms with Crippen molar-refractivity contribution in [2.24, 2.45) is 17.8 Å². The van der Waals surface area contributed by atoms with Crippen LogP contribution in [0.5, 0.6) is 0 Å². The molecule has 1 fully saturated rings. The molecule has 1 amide bonds. The van der Waals surface area contributed by atoms with Crippen LogP contribution in [0.4, 0.5) is 0 Å². The molecule has 1 rings (SSSR count). The molecule has 1 saturated heterocycles. The molecule has 1 aliphatic rings. The Labute approximate surface area is 118 Å². The summed E-state index contributed by atoms with van der Waals surface area (Å²) < 4.78 is 0. The molecule has 3 heteroatoms. The minimum absolute atomic E-state index is 0.230. The molecule has 0 spiro atoms. The van der Waals surface area contributed by atoms with E-state index in [-0.39, 0.29) is 5.91 Å². The maximum atomic E-state index is 12.0. The zero-order chi connectivity index (χ0) is 14.3. The third-order valence-corrected chi connectivity index (χ3v) is 4.51. The van der Waals surface area contributed by atoms with Crippen molar-refractivity contribution in [2.75, 3.05) is 13.1 Å². The van der Waals surface area contributed by atoms with E-state index in [1.54, 1.807) is 0 Å². The van der Waals surface area contributed by atoms with Crippen LogP contribution in [0.15, 0.2) is 0 Å². The van der Waals surface area contributed by atoms with E-state index in [9.17, 15) is 4.79 Å². The van der Waals surface area contributed by atoms with E-state index in [2.05, 4.69) is 38.3 Å². The highest BCUT2D eigenvalue weighted by Gasteiger charge is 2.22. The van der Waals surface area contributed by atoms with Crippen LogP contribution in [0.25, 0.3) is 0 Å². The van der Waals surface area contributed by atoms with E-state index >= 15 is 0 Å². The average Bonchev–Trinajstić information content (AvgIpc) is 2.39. The van der Waals surface area contributed by atoms with Crippen molar-refractivity contribution in [2.45, 2.75) is 65.8 Å². The molecule has 112 valence electrons. The summed E-state index contributed by atoms with van der Waals surface area (Å²) >= 11 is 0. The Morgan fingerprint density at radius 2 is 2.11 bits per heavy atom. The SMILES string of the molecule is CCC(C)CC(C)NC(=O)CC(C)C1CCCNC1. The van der Waals surface area contributed by atoms with Crippen LogP contribution < -0.4 is 10.6 Å². The lowest BCUT2D eigenvalue weighted by Gasteiger charge is -2.28. The van der Waals surface area contributed by atoms with Gasteiger partial charge < -0.3 is 10.6 Å². The average molecular weight is 268 g/mol. The second-order valence-electron chi connectivity index (χ2n) is 6.51. The van der Waals surface area contributed by atoms with Gasteiger partial charge in [-0.25, -0.2) is 0 Å². The lowest BCUT2D eigenvalue weighted by molar-refractivity contribution is -0.123. The van der Waals surface area contributed by atoms with Crippen LogP contribution in [0, 0.1) is 17.8 Å². The highest BCUT2D eigenvalue weighted by molar-refractivity contribution is 5.76. The van der Waals surface area contributed by atoms with Gasteiger partial charge in [0.05, 0.1) is 0 Å². The van der Waals surface area contributed by atoms with Gasteiger partial charge in [0.1, 0.15) is 0 Å². The minimum atomic E-state index is 0.230. The summed E-state index contributed by atoms with van der Waals surface area (Å²) in [5.74, 6) is 2.08. The van der Waals surface area contributed by atoms with Gasteiger partial charge in [0.15, 0.2) is 0 Å². The van der Waals surface area contributed by atoms with Crippen LogP contribution in [0.2, 0.25) is 0 Å². The molecule has 4 unspecified atom stereocenters. The fraction of sp³-hybridized carbons (Fsp3) is 0.938. The van der Waals surface area contributed by atoms with Gasteiger partial charge in [0, 0.05) is 12.5 Å². The molecule has 19 heavy (non-hydrogen) atoms. The summed E-state index contributed by atoms with van der Waals surface area (Å²) in [7, 11) is 0. The van der Waals surface area contributed by atoms with E-state index in [1.165, 1.54) is 19.3 Å². The summed E-state index contributed by atoms with van der Waals surface area (Å²) in [6.45, 7) is 11.0. The quantitative estimate of drug-likeness (QED) is 0.745. The summed E-state index contributed by atoms with van der Waals surface area (Å²) in [6, 6.07) is 0.305. The van der Waals surface area contributed by atoms with Gasteiger partial charge in [0.2, 0.25) is 5.91 Å². The monoisotopic (exact) mass is 268 g/mol. The van der Waals surface area contributed by atoms with Crippen LogP contribution in [-0.2, 0) is 4.79 Å². The molecular weight excluding hydrogens is 236 g/mol. The van der Waals surface area contributed by atoms with E-state index in [0.29, 0.717) is 30.2 Å². The molecule has 0 aromatic carbocycles. The van der Waals surface area contributed by atoms with Crippen LogP contribution >= 0.6 is 0 Å². The molecule has 0 aliphatic carbocycles. The first-order chi connectivity index (χ1) is 9.02. The summed E-state index contributed by atoms with van der Waals surface area (Å²) in [6.07, 6.45) is 5.47. The fourth-order valence-corrected chi connectivity index (χ4v) is 2.99. The lowest BCUT2D eigenvalue weighted by Crippen LogP contribution is -2.38. The molecule has 0 aromatic heterocycles. The zero-order valence-corrected chi connectivity index (χ0v) is 13.2. The van der Waals surface area contributed by atoms with Crippen molar-refractivity contribution >= 4 is 5.91 Å². The molecule has 0 radical (unpaired) electrons. The van der Waals surface area contributed by atoms with Crippen LogP contribution in [0.1, 0.15) is 59.8 Å². The smallest absolute Gasteiger partial charge is 0.220 e. The van der Waals surface area contributed by atoms with E-state index in [0.717, 1.165) is 19.5 Å². The van der Waals surface area contributed by atoms with Crippen molar-refractivity contribution in [3.05, 3.63) is 0 Å². The highest BCUT2D eigenvalue weighted by atomic mass is 16.1. The van der Waals surface area contributed by atoms with Gasteiger partial charge in [-0.2, -0.15) is 0 Å². The number of carbonyl (C=O) groups is 1. The Morgan fingerprint density at radius 1 is 1.37 bits per heavy atom. The highest BCUT2D eigenvalue weighted by Crippen LogP contribution is 2.22. The minimum Gasteiger partial charge on any atom is -0.354 e. The number of hydrogen-bond donors (Lipinski definition) is 2. The molecule has 0 aromatic rings. The zero-order valence-electron chi connectivity index (χ0n) is 13.2. The molecule has 3 nitrogen and oxygen atoms in total. The van der Waals surface area contributed by atoms with Crippen molar-refractivity contribution in [1.29, 1.82) is 0 Å². The summed E-state index contributed by atoms with van der Waals surface area (Å²) in [4.78, 5) is 12.0. The molecule has 0 bridgehead atoms. The van der Waals surface area contributed by atoms with E-state index in [4.69, 9.17) is 0 Å². The Kier molecular flexibility index (Phi) is 7.44. The molecule has 2 N–H and O–H groups in total. The normalized spacial score (nSPS) is 24.5. The van der Waals surface area contributed by atoms with Crippen LogP contribution in [0.3, 0.4) is 0 Å². The molecule has 1 heterocycles. The Morgan fingerprint density at radius 3 is 2.68 bits per heavy atom. The number of carbonyl (C=O) groups excluding carboxylic acids is 1. The second kappa shape index (κ2) is 8.57. The fourth-order valence-electron chi connectivity index (χ4n) is 2.99. The van der Waals surface area contributed by atoms with Crippen molar-refractivity contribution in [3.8, 4) is 0 Å². The molecule has 4 atom stereocenters. The second-order valence-corrected chi connectivity index (χ2v) is 6.51. The van der Waals surface area contributed by atoms with Crippen molar-refractivity contribution in [1.82, 2.24) is 10.6 Å². The van der Waals surface area contributed by atoms with Gasteiger partial charge >= 0.3 is 0 Å². The predicted octanol–water partition coefficient (Wildman–Crippen LogP) is 2.95. The Hall–Kier alpha value is -0.570. The Balaban J connectivity index is 2.25. The molecular formula is C16H32N2O. The third kappa shape index (κ3) is 6.42. The lowest BCUT2D eigenvalue weighted by atomic mass is 9.85. The van der Waals surface area contributed by atoms with Crippen LogP contribution in [-0.4, -0.2) is 25.0 Å².